The van der Waals surface area contributed by atoms with Gasteiger partial charge in [-0.15, -0.1) is 0 Å². The van der Waals surface area contributed by atoms with Crippen molar-refractivity contribution in [2.75, 3.05) is 24.6 Å². The third kappa shape index (κ3) is 2.83. The van der Waals surface area contributed by atoms with E-state index in [4.69, 9.17) is 5.73 Å². The first-order valence-corrected chi connectivity index (χ1v) is 7.66. The summed E-state index contributed by atoms with van der Waals surface area (Å²) in [5.74, 6) is 1.04. The number of nitrogens with two attached hydrogens (primary N) is 1. The number of carbonyl (C=O) groups is 1. The average Bonchev–Trinajstić information content (AvgIpc) is 2.30. The number of anilines is 1. The van der Waals surface area contributed by atoms with Gasteiger partial charge in [-0.2, -0.15) is 11.8 Å². The molecule has 1 aromatic rings. The monoisotopic (exact) mass is 328 g/mol. The molecular formula is C13H17BrN2OS. The fourth-order valence-corrected chi connectivity index (χ4v) is 3.62. The molecule has 0 radical (unpaired) electrons. The number of nitrogens with zero attached hydrogens (tertiary/aromatic N) is 1. The SMILES string of the molecule is CC1(C)CN(C(=O)c2cccc(N)c2Br)CCS1. The highest BCUT2D eigenvalue weighted by Gasteiger charge is 2.30. The quantitative estimate of drug-likeness (QED) is 0.806. The van der Waals surface area contributed by atoms with Gasteiger partial charge in [-0.1, -0.05) is 6.07 Å². The van der Waals surface area contributed by atoms with Gasteiger partial charge in [0.05, 0.1) is 10.0 Å². The van der Waals surface area contributed by atoms with Crippen LogP contribution in [0.2, 0.25) is 0 Å². The smallest absolute Gasteiger partial charge is 0.255 e. The zero-order valence-electron chi connectivity index (χ0n) is 10.6. The largest absolute Gasteiger partial charge is 0.398 e. The van der Waals surface area contributed by atoms with E-state index in [0.717, 1.165) is 18.8 Å². The third-order valence-corrected chi connectivity index (χ3v) is 5.15. The Kier molecular flexibility index (Phi) is 3.92. The van der Waals surface area contributed by atoms with E-state index in [9.17, 15) is 4.79 Å². The number of benzene rings is 1. The van der Waals surface area contributed by atoms with Crippen molar-refractivity contribution in [2.45, 2.75) is 18.6 Å². The summed E-state index contributed by atoms with van der Waals surface area (Å²) >= 11 is 5.31. The Balaban J connectivity index is 2.23. The summed E-state index contributed by atoms with van der Waals surface area (Å²) in [4.78, 5) is 14.4. The molecule has 2 rings (SSSR count). The second kappa shape index (κ2) is 5.13. The average molecular weight is 329 g/mol. The fourth-order valence-electron chi connectivity index (χ4n) is 2.08. The third-order valence-electron chi connectivity index (χ3n) is 2.97. The number of thioether (sulfide) groups is 1. The molecule has 0 spiro atoms. The van der Waals surface area contributed by atoms with Crippen LogP contribution in [0.15, 0.2) is 22.7 Å². The minimum absolute atomic E-state index is 0.0579. The van der Waals surface area contributed by atoms with Gasteiger partial charge < -0.3 is 10.6 Å². The lowest BCUT2D eigenvalue weighted by molar-refractivity contribution is 0.0747. The van der Waals surface area contributed by atoms with Crippen LogP contribution in [-0.2, 0) is 0 Å². The van der Waals surface area contributed by atoms with Crippen LogP contribution in [0.4, 0.5) is 5.69 Å². The number of halogens is 1. The van der Waals surface area contributed by atoms with Crippen molar-refractivity contribution in [3.63, 3.8) is 0 Å². The molecule has 1 amide bonds. The van der Waals surface area contributed by atoms with E-state index in [1.165, 1.54) is 0 Å². The van der Waals surface area contributed by atoms with Crippen LogP contribution < -0.4 is 5.73 Å². The summed E-state index contributed by atoms with van der Waals surface area (Å²) in [6.07, 6.45) is 0. The molecule has 1 aliphatic heterocycles. The Morgan fingerprint density at radius 2 is 2.22 bits per heavy atom. The van der Waals surface area contributed by atoms with E-state index in [0.29, 0.717) is 15.7 Å². The van der Waals surface area contributed by atoms with E-state index >= 15 is 0 Å². The van der Waals surface area contributed by atoms with Gasteiger partial charge >= 0.3 is 0 Å². The molecule has 1 fully saturated rings. The Morgan fingerprint density at radius 1 is 1.50 bits per heavy atom. The molecule has 1 aliphatic rings. The van der Waals surface area contributed by atoms with Crippen molar-refractivity contribution in [3.05, 3.63) is 28.2 Å². The van der Waals surface area contributed by atoms with Gasteiger partial charge in [0.2, 0.25) is 0 Å². The van der Waals surface area contributed by atoms with Gasteiger partial charge in [-0.3, -0.25) is 4.79 Å². The van der Waals surface area contributed by atoms with Gasteiger partial charge in [0.15, 0.2) is 0 Å². The lowest BCUT2D eigenvalue weighted by Gasteiger charge is -2.37. The summed E-state index contributed by atoms with van der Waals surface area (Å²) in [5.41, 5.74) is 7.07. The number of nitrogen functional groups attached to an aromatic ring is 1. The highest BCUT2D eigenvalue weighted by atomic mass is 79.9. The lowest BCUT2D eigenvalue weighted by atomic mass is 10.1. The normalized spacial score (nSPS) is 18.7. The topological polar surface area (TPSA) is 46.3 Å². The second-order valence-corrected chi connectivity index (χ2v) is 7.64. The zero-order chi connectivity index (χ0) is 13.3. The number of carbonyl (C=O) groups excluding carboxylic acids is 1. The summed E-state index contributed by atoms with van der Waals surface area (Å²) in [6.45, 7) is 5.92. The van der Waals surface area contributed by atoms with Gasteiger partial charge in [-0.25, -0.2) is 0 Å². The molecule has 0 aromatic heterocycles. The molecule has 1 aromatic carbocycles. The molecule has 0 unspecified atom stereocenters. The van der Waals surface area contributed by atoms with Crippen molar-refractivity contribution < 1.29 is 4.79 Å². The lowest BCUT2D eigenvalue weighted by Crippen LogP contribution is -2.46. The van der Waals surface area contributed by atoms with Crippen LogP contribution in [0.5, 0.6) is 0 Å². The van der Waals surface area contributed by atoms with Crippen LogP contribution >= 0.6 is 27.7 Å². The number of rotatable bonds is 1. The number of hydrogen-bond acceptors (Lipinski definition) is 3. The molecule has 2 N–H and O–H groups in total. The first-order chi connectivity index (χ1) is 8.41. The van der Waals surface area contributed by atoms with E-state index in [-0.39, 0.29) is 10.7 Å². The molecule has 3 nitrogen and oxygen atoms in total. The maximum Gasteiger partial charge on any atom is 0.255 e. The van der Waals surface area contributed by atoms with Gasteiger partial charge in [0.25, 0.3) is 5.91 Å². The first kappa shape index (κ1) is 13.7. The van der Waals surface area contributed by atoms with Crippen LogP contribution in [0, 0.1) is 0 Å². The molecule has 98 valence electrons. The summed E-state index contributed by atoms with van der Waals surface area (Å²) < 4.78 is 0.826. The predicted octanol–water partition coefficient (Wildman–Crippen LogP) is 3.00. The Morgan fingerprint density at radius 3 is 2.89 bits per heavy atom. The maximum atomic E-state index is 12.5. The predicted molar refractivity (Wildman–Crippen MR) is 81.0 cm³/mol. The highest BCUT2D eigenvalue weighted by molar-refractivity contribution is 9.10. The highest BCUT2D eigenvalue weighted by Crippen LogP contribution is 2.31. The standard InChI is InChI=1S/C13H17BrN2OS/c1-13(2)8-16(6-7-18-13)12(17)9-4-3-5-10(15)11(9)14/h3-5H,6-8,15H2,1-2H3. The molecule has 5 heteroatoms. The van der Waals surface area contributed by atoms with Crippen LogP contribution in [-0.4, -0.2) is 34.4 Å². The molecule has 18 heavy (non-hydrogen) atoms. The van der Waals surface area contributed by atoms with Crippen molar-refractivity contribution in [2.24, 2.45) is 0 Å². The van der Waals surface area contributed by atoms with Crippen LogP contribution in [0.3, 0.4) is 0 Å². The zero-order valence-corrected chi connectivity index (χ0v) is 13.0. The molecule has 0 aliphatic carbocycles. The van der Waals surface area contributed by atoms with Crippen molar-refractivity contribution >= 4 is 39.3 Å². The van der Waals surface area contributed by atoms with Crippen molar-refractivity contribution in [1.82, 2.24) is 4.90 Å². The molecule has 0 bridgehead atoms. The van der Waals surface area contributed by atoms with E-state index in [2.05, 4.69) is 29.8 Å². The minimum atomic E-state index is 0.0579. The van der Waals surface area contributed by atoms with E-state index < -0.39 is 0 Å². The summed E-state index contributed by atoms with van der Waals surface area (Å²) in [7, 11) is 0. The molecule has 1 saturated heterocycles. The minimum Gasteiger partial charge on any atom is -0.398 e. The molecular weight excluding hydrogens is 312 g/mol. The Hall–Kier alpha value is -0.680. The van der Waals surface area contributed by atoms with E-state index in [1.54, 1.807) is 6.07 Å². The Labute approximate surface area is 120 Å². The fraction of sp³-hybridized carbons (Fsp3) is 0.462. The van der Waals surface area contributed by atoms with Gasteiger partial charge in [0, 0.05) is 29.3 Å². The first-order valence-electron chi connectivity index (χ1n) is 5.88. The van der Waals surface area contributed by atoms with Crippen LogP contribution in [0.1, 0.15) is 24.2 Å². The Bertz CT molecular complexity index is 476. The molecule has 0 atom stereocenters. The van der Waals surface area contributed by atoms with Crippen LogP contribution in [0.25, 0.3) is 0 Å². The maximum absolute atomic E-state index is 12.5. The summed E-state index contributed by atoms with van der Waals surface area (Å²) in [5, 5.41) is 0. The molecule has 0 saturated carbocycles. The van der Waals surface area contributed by atoms with E-state index in [1.807, 2.05) is 28.8 Å². The van der Waals surface area contributed by atoms with Gasteiger partial charge in [-0.05, 0) is 41.9 Å². The second-order valence-electron chi connectivity index (χ2n) is 5.04. The molecule has 1 heterocycles. The number of amides is 1. The number of hydrogen-bond donors (Lipinski definition) is 1. The van der Waals surface area contributed by atoms with Crippen molar-refractivity contribution in [1.29, 1.82) is 0 Å². The van der Waals surface area contributed by atoms with Gasteiger partial charge in [0.1, 0.15) is 0 Å². The van der Waals surface area contributed by atoms with Crippen molar-refractivity contribution in [3.8, 4) is 0 Å². The summed E-state index contributed by atoms with van der Waals surface area (Å²) in [6, 6.07) is 5.42.